The number of piperazine rings is 1. The van der Waals surface area contributed by atoms with E-state index in [1.54, 1.807) is 6.08 Å². The average Bonchev–Trinajstić information content (AvgIpc) is 2.27. The monoisotopic (exact) mass is 224 g/mol. The van der Waals surface area contributed by atoms with Gasteiger partial charge in [0.25, 0.3) is 0 Å². The largest absolute Gasteiger partial charge is 0.362 e. The summed E-state index contributed by atoms with van der Waals surface area (Å²) in [7, 11) is 0. The van der Waals surface area contributed by atoms with E-state index < -0.39 is 11.6 Å². The number of nitrogens with zero attached hydrogens (tertiary/aromatic N) is 1. The smallest absolute Gasteiger partial charge is 0.128 e. The number of halogens is 2. The third-order valence-corrected chi connectivity index (χ3v) is 2.73. The van der Waals surface area contributed by atoms with Crippen molar-refractivity contribution in [3.05, 3.63) is 42.5 Å². The van der Waals surface area contributed by atoms with Gasteiger partial charge in [0.05, 0.1) is 6.04 Å². The molecule has 1 unspecified atom stereocenters. The summed E-state index contributed by atoms with van der Waals surface area (Å²) < 4.78 is 26.2. The molecule has 1 aliphatic rings. The lowest BCUT2D eigenvalue weighted by Crippen LogP contribution is -2.50. The highest BCUT2D eigenvalue weighted by molar-refractivity contribution is 5.49. The van der Waals surface area contributed by atoms with Crippen LogP contribution in [0, 0.1) is 11.6 Å². The molecule has 1 saturated heterocycles. The van der Waals surface area contributed by atoms with Gasteiger partial charge in [-0.05, 0) is 12.1 Å². The van der Waals surface area contributed by atoms with Crippen molar-refractivity contribution >= 4 is 5.69 Å². The summed E-state index contributed by atoms with van der Waals surface area (Å²) in [6.45, 7) is 6.02. The fraction of sp³-hybridized carbons (Fsp3) is 0.333. The Kier molecular flexibility index (Phi) is 3.19. The van der Waals surface area contributed by atoms with Crippen LogP contribution in [0.2, 0.25) is 0 Å². The minimum absolute atomic E-state index is 0.0787. The second-order valence-electron chi connectivity index (χ2n) is 3.83. The standard InChI is InChI=1S/C12H14F2N2/c1-2-11-8-15-3-4-16(11)12-6-9(13)5-10(14)7-12/h2,5-7,11,15H,1,3-4,8H2. The number of hydrogen-bond acceptors (Lipinski definition) is 2. The molecule has 16 heavy (non-hydrogen) atoms. The molecule has 1 aromatic carbocycles. The first-order valence-corrected chi connectivity index (χ1v) is 5.26. The summed E-state index contributed by atoms with van der Waals surface area (Å²) in [6, 6.07) is 3.67. The quantitative estimate of drug-likeness (QED) is 0.772. The zero-order valence-corrected chi connectivity index (χ0v) is 8.92. The van der Waals surface area contributed by atoms with Crippen LogP contribution in [-0.2, 0) is 0 Å². The van der Waals surface area contributed by atoms with E-state index >= 15 is 0 Å². The fourth-order valence-electron chi connectivity index (χ4n) is 1.96. The van der Waals surface area contributed by atoms with Crippen molar-refractivity contribution in [3.8, 4) is 0 Å². The van der Waals surface area contributed by atoms with Gasteiger partial charge in [-0.1, -0.05) is 6.08 Å². The van der Waals surface area contributed by atoms with Gasteiger partial charge in [0.2, 0.25) is 0 Å². The molecule has 0 spiro atoms. The van der Waals surface area contributed by atoms with E-state index in [2.05, 4.69) is 11.9 Å². The van der Waals surface area contributed by atoms with Crippen LogP contribution in [0.25, 0.3) is 0 Å². The van der Waals surface area contributed by atoms with Crippen molar-refractivity contribution in [3.63, 3.8) is 0 Å². The Labute approximate surface area is 93.6 Å². The van der Waals surface area contributed by atoms with Crippen LogP contribution in [-0.4, -0.2) is 25.7 Å². The van der Waals surface area contributed by atoms with Gasteiger partial charge >= 0.3 is 0 Å². The molecule has 0 aliphatic carbocycles. The van der Waals surface area contributed by atoms with Gasteiger partial charge in [-0.3, -0.25) is 0 Å². The summed E-state index contributed by atoms with van der Waals surface area (Å²) in [5.74, 6) is -1.09. The number of benzene rings is 1. The van der Waals surface area contributed by atoms with Crippen molar-refractivity contribution in [2.45, 2.75) is 6.04 Å². The topological polar surface area (TPSA) is 15.3 Å². The first kappa shape index (κ1) is 11.1. The molecule has 0 aromatic heterocycles. The van der Waals surface area contributed by atoms with Gasteiger partial charge in [0.15, 0.2) is 0 Å². The highest BCUT2D eigenvalue weighted by Crippen LogP contribution is 2.21. The molecule has 1 aliphatic heterocycles. The zero-order chi connectivity index (χ0) is 11.5. The lowest BCUT2D eigenvalue weighted by atomic mass is 10.1. The maximum Gasteiger partial charge on any atom is 0.128 e. The van der Waals surface area contributed by atoms with Crippen molar-refractivity contribution in [2.75, 3.05) is 24.5 Å². The second-order valence-corrected chi connectivity index (χ2v) is 3.83. The van der Waals surface area contributed by atoms with E-state index in [4.69, 9.17) is 0 Å². The Morgan fingerprint density at radius 3 is 2.62 bits per heavy atom. The highest BCUT2D eigenvalue weighted by Gasteiger charge is 2.20. The van der Waals surface area contributed by atoms with E-state index in [1.807, 2.05) is 4.90 Å². The molecule has 0 amide bonds. The van der Waals surface area contributed by atoms with Gasteiger partial charge < -0.3 is 10.2 Å². The van der Waals surface area contributed by atoms with Gasteiger partial charge in [0, 0.05) is 31.4 Å². The second kappa shape index (κ2) is 4.61. The van der Waals surface area contributed by atoms with Gasteiger partial charge in [-0.2, -0.15) is 0 Å². The highest BCUT2D eigenvalue weighted by atomic mass is 19.1. The first-order chi connectivity index (χ1) is 7.70. The molecule has 1 heterocycles. The van der Waals surface area contributed by atoms with Crippen molar-refractivity contribution in [2.24, 2.45) is 0 Å². The summed E-state index contributed by atoms with van der Waals surface area (Å²) in [6.07, 6.45) is 1.79. The fourth-order valence-corrected chi connectivity index (χ4v) is 1.96. The Hall–Kier alpha value is -1.42. The first-order valence-electron chi connectivity index (χ1n) is 5.26. The summed E-state index contributed by atoms with van der Waals surface area (Å²) in [4.78, 5) is 1.95. The summed E-state index contributed by atoms with van der Waals surface area (Å²) >= 11 is 0. The number of rotatable bonds is 2. The number of nitrogens with one attached hydrogen (secondary N) is 1. The van der Waals surface area contributed by atoms with Crippen LogP contribution in [0.4, 0.5) is 14.5 Å². The molecule has 1 aromatic rings. The molecule has 2 rings (SSSR count). The van der Waals surface area contributed by atoms with Crippen LogP contribution in [0.5, 0.6) is 0 Å². The van der Waals surface area contributed by atoms with Crippen LogP contribution in [0.1, 0.15) is 0 Å². The third kappa shape index (κ3) is 2.22. The Bertz CT molecular complexity index is 372. The number of hydrogen-bond donors (Lipinski definition) is 1. The number of anilines is 1. The Balaban J connectivity index is 2.30. The minimum Gasteiger partial charge on any atom is -0.362 e. The molecule has 4 heteroatoms. The summed E-state index contributed by atoms with van der Waals surface area (Å²) in [5, 5.41) is 3.21. The third-order valence-electron chi connectivity index (χ3n) is 2.73. The molecule has 0 radical (unpaired) electrons. The van der Waals surface area contributed by atoms with Gasteiger partial charge in [-0.15, -0.1) is 6.58 Å². The zero-order valence-electron chi connectivity index (χ0n) is 8.92. The lowest BCUT2D eigenvalue weighted by molar-refractivity contribution is 0.524. The van der Waals surface area contributed by atoms with Gasteiger partial charge in [-0.25, -0.2) is 8.78 Å². The Morgan fingerprint density at radius 2 is 2.00 bits per heavy atom. The molecule has 1 atom stereocenters. The molecule has 1 N–H and O–H groups in total. The van der Waals surface area contributed by atoms with E-state index in [-0.39, 0.29) is 6.04 Å². The molecule has 0 saturated carbocycles. The van der Waals surface area contributed by atoms with E-state index in [0.29, 0.717) is 5.69 Å². The SMILES string of the molecule is C=CC1CNCCN1c1cc(F)cc(F)c1. The molecule has 86 valence electrons. The minimum atomic E-state index is -0.545. The van der Waals surface area contributed by atoms with E-state index in [1.165, 1.54) is 12.1 Å². The molecule has 0 bridgehead atoms. The Morgan fingerprint density at radius 1 is 1.31 bits per heavy atom. The van der Waals surface area contributed by atoms with Gasteiger partial charge in [0.1, 0.15) is 11.6 Å². The molecule has 2 nitrogen and oxygen atoms in total. The van der Waals surface area contributed by atoms with Crippen molar-refractivity contribution in [1.82, 2.24) is 5.32 Å². The maximum atomic E-state index is 13.1. The predicted octanol–water partition coefficient (Wildman–Crippen LogP) is 1.93. The maximum absolute atomic E-state index is 13.1. The molecule has 1 fully saturated rings. The lowest BCUT2D eigenvalue weighted by Gasteiger charge is -2.36. The molecular formula is C12H14F2N2. The van der Waals surface area contributed by atoms with E-state index in [9.17, 15) is 8.78 Å². The van der Waals surface area contributed by atoms with Crippen molar-refractivity contribution < 1.29 is 8.78 Å². The average molecular weight is 224 g/mol. The van der Waals surface area contributed by atoms with Crippen molar-refractivity contribution in [1.29, 1.82) is 0 Å². The normalized spacial score (nSPS) is 20.9. The van der Waals surface area contributed by atoms with Crippen LogP contribution in [0.3, 0.4) is 0 Å². The summed E-state index contributed by atoms with van der Waals surface area (Å²) in [5.41, 5.74) is 0.573. The molecular weight excluding hydrogens is 210 g/mol. The van der Waals surface area contributed by atoms with Crippen LogP contribution >= 0.6 is 0 Å². The van der Waals surface area contributed by atoms with Crippen LogP contribution in [0.15, 0.2) is 30.9 Å². The van der Waals surface area contributed by atoms with Crippen LogP contribution < -0.4 is 10.2 Å². The predicted molar refractivity (Wildman–Crippen MR) is 60.6 cm³/mol. The van der Waals surface area contributed by atoms with E-state index in [0.717, 1.165) is 25.7 Å².